The summed E-state index contributed by atoms with van der Waals surface area (Å²) in [5.74, 6) is 0.728. The van der Waals surface area contributed by atoms with Crippen LogP contribution >= 0.6 is 0 Å². The molecule has 2 bridgehead atoms. The Kier molecular flexibility index (Phi) is 2.94. The lowest BCUT2D eigenvalue weighted by Crippen LogP contribution is -2.68. The van der Waals surface area contributed by atoms with Gasteiger partial charge in [-0.3, -0.25) is 4.79 Å². The number of carbonyl (C=O) groups is 1. The summed E-state index contributed by atoms with van der Waals surface area (Å²) in [7, 11) is 0. The summed E-state index contributed by atoms with van der Waals surface area (Å²) < 4.78 is 0. The summed E-state index contributed by atoms with van der Waals surface area (Å²) >= 11 is 0. The van der Waals surface area contributed by atoms with Crippen molar-refractivity contribution in [2.45, 2.75) is 43.7 Å². The third kappa shape index (κ3) is 2.36. The van der Waals surface area contributed by atoms with Crippen molar-refractivity contribution in [3.05, 3.63) is 23.5 Å². The molecule has 1 aliphatic heterocycles. The number of nitrogens with zero attached hydrogens (tertiary/aromatic N) is 3. The van der Waals surface area contributed by atoms with Crippen molar-refractivity contribution in [2.24, 2.45) is 11.7 Å². The van der Waals surface area contributed by atoms with Gasteiger partial charge in [0.15, 0.2) is 0 Å². The third-order valence-corrected chi connectivity index (χ3v) is 5.50. The minimum absolute atomic E-state index is 0.0281. The largest absolute Gasteiger partial charge is 0.369 e. The van der Waals surface area contributed by atoms with Gasteiger partial charge in [0, 0.05) is 30.4 Å². The maximum absolute atomic E-state index is 12.7. The van der Waals surface area contributed by atoms with Gasteiger partial charge < -0.3 is 16.0 Å². The first-order valence-electron chi connectivity index (χ1n) is 8.16. The topological polar surface area (TPSA) is 95.0 Å². The zero-order valence-electron chi connectivity index (χ0n) is 13.3. The van der Waals surface area contributed by atoms with Crippen LogP contribution in [0.15, 0.2) is 12.3 Å². The quantitative estimate of drug-likeness (QED) is 0.873. The molecule has 5 rings (SSSR count). The van der Waals surface area contributed by atoms with Gasteiger partial charge in [0.05, 0.1) is 11.3 Å². The van der Waals surface area contributed by atoms with Crippen LogP contribution < -0.4 is 16.0 Å². The van der Waals surface area contributed by atoms with Gasteiger partial charge in [0.1, 0.15) is 11.8 Å². The van der Waals surface area contributed by atoms with Crippen LogP contribution in [0.25, 0.3) is 0 Å². The molecule has 3 saturated carbocycles. The fraction of sp³-hybridized carbons (Fsp3) is 0.588. The summed E-state index contributed by atoms with van der Waals surface area (Å²) in [6.07, 6.45) is 5.69. The average molecular weight is 311 g/mol. The Labute approximate surface area is 135 Å². The number of nitrogens with two attached hydrogens (primary N) is 1. The van der Waals surface area contributed by atoms with Crippen LogP contribution in [0.4, 0.5) is 5.69 Å². The number of rotatable bonds is 3. The number of aromatic nitrogens is 1. The molecular formula is C17H21N5O. The van der Waals surface area contributed by atoms with Gasteiger partial charge >= 0.3 is 0 Å². The van der Waals surface area contributed by atoms with Crippen LogP contribution in [0.1, 0.15) is 48.7 Å². The van der Waals surface area contributed by atoms with E-state index in [0.717, 1.165) is 43.8 Å². The Morgan fingerprint density at radius 3 is 2.78 bits per heavy atom. The molecule has 0 aromatic carbocycles. The molecule has 0 spiro atoms. The highest BCUT2D eigenvalue weighted by atomic mass is 16.1. The number of nitriles is 1. The van der Waals surface area contributed by atoms with E-state index >= 15 is 0 Å². The lowest BCUT2D eigenvalue weighted by Gasteiger charge is -2.61. The first-order valence-corrected chi connectivity index (χ1v) is 8.16. The number of pyridine rings is 1. The van der Waals surface area contributed by atoms with E-state index in [1.807, 2.05) is 6.92 Å². The summed E-state index contributed by atoms with van der Waals surface area (Å²) in [5, 5.41) is 12.3. The molecule has 1 aromatic rings. The maximum Gasteiger partial charge on any atom is 0.255 e. The number of nitrogens with one attached hydrogen (secondary N) is 1. The number of hydrogen-bond acceptors (Lipinski definition) is 5. The Bertz CT molecular complexity index is 703. The van der Waals surface area contributed by atoms with E-state index in [9.17, 15) is 4.79 Å². The monoisotopic (exact) mass is 311 g/mol. The van der Waals surface area contributed by atoms with E-state index < -0.39 is 0 Å². The van der Waals surface area contributed by atoms with Crippen LogP contribution in [0.3, 0.4) is 0 Å². The molecule has 2 heterocycles. The predicted octanol–water partition coefficient (Wildman–Crippen LogP) is 1.16. The second-order valence-corrected chi connectivity index (χ2v) is 7.74. The number of hydrogen-bond donors (Lipinski definition) is 2. The van der Waals surface area contributed by atoms with E-state index in [1.54, 1.807) is 6.07 Å². The van der Waals surface area contributed by atoms with Crippen molar-refractivity contribution >= 4 is 11.6 Å². The van der Waals surface area contributed by atoms with Gasteiger partial charge in [-0.1, -0.05) is 0 Å². The molecule has 23 heavy (non-hydrogen) atoms. The minimum Gasteiger partial charge on any atom is -0.369 e. The van der Waals surface area contributed by atoms with Gasteiger partial charge in [-0.05, 0) is 44.6 Å². The second kappa shape index (κ2) is 4.68. The zero-order valence-corrected chi connectivity index (χ0v) is 13.3. The van der Waals surface area contributed by atoms with E-state index in [-0.39, 0.29) is 17.0 Å². The molecule has 3 aliphatic carbocycles. The predicted molar refractivity (Wildman–Crippen MR) is 85.9 cm³/mol. The van der Waals surface area contributed by atoms with Crippen LogP contribution in [-0.2, 0) is 0 Å². The van der Waals surface area contributed by atoms with Crippen LogP contribution in [0.5, 0.6) is 0 Å². The van der Waals surface area contributed by atoms with Crippen LogP contribution in [-0.4, -0.2) is 35.1 Å². The molecule has 1 unspecified atom stereocenters. The van der Waals surface area contributed by atoms with Crippen LogP contribution in [0.2, 0.25) is 0 Å². The molecular weight excluding hydrogens is 290 g/mol. The Morgan fingerprint density at radius 1 is 1.52 bits per heavy atom. The average Bonchev–Trinajstić information content (AvgIpc) is 2.80. The van der Waals surface area contributed by atoms with E-state index in [4.69, 9.17) is 11.0 Å². The number of anilines is 1. The Hall–Kier alpha value is -2.13. The Balaban J connectivity index is 1.63. The van der Waals surface area contributed by atoms with E-state index in [2.05, 4.69) is 21.3 Å². The fourth-order valence-corrected chi connectivity index (χ4v) is 4.07. The maximum atomic E-state index is 12.7. The van der Waals surface area contributed by atoms with Gasteiger partial charge in [-0.25, -0.2) is 4.98 Å². The summed E-state index contributed by atoms with van der Waals surface area (Å²) in [6, 6.07) is 3.76. The smallest absolute Gasteiger partial charge is 0.255 e. The molecule has 1 saturated heterocycles. The van der Waals surface area contributed by atoms with Crippen molar-refractivity contribution in [3.8, 4) is 6.07 Å². The first kappa shape index (κ1) is 14.5. The molecule has 120 valence electrons. The second-order valence-electron chi connectivity index (χ2n) is 7.74. The molecule has 6 heteroatoms. The van der Waals surface area contributed by atoms with Gasteiger partial charge in [0.25, 0.3) is 5.91 Å². The number of amides is 1. The van der Waals surface area contributed by atoms with Crippen molar-refractivity contribution < 1.29 is 4.79 Å². The highest BCUT2D eigenvalue weighted by Gasteiger charge is 2.57. The Morgan fingerprint density at radius 2 is 2.26 bits per heavy atom. The molecule has 6 nitrogen and oxygen atoms in total. The zero-order chi connectivity index (χ0) is 16.2. The van der Waals surface area contributed by atoms with Gasteiger partial charge in [0.2, 0.25) is 0 Å². The molecule has 1 aromatic heterocycles. The lowest BCUT2D eigenvalue weighted by atomic mass is 9.50. The standard InChI is InChI=1S/C17H21N5O/c1-16(19)2-3-22(10-16)14-4-12(8-18)20-9-13(14)15(23)21-17-5-11(6-17)7-17/h4,9,11H,2-3,5-7,10,19H2,1H3,(H,21,23). The summed E-state index contributed by atoms with van der Waals surface area (Å²) in [4.78, 5) is 18.9. The van der Waals surface area contributed by atoms with Crippen molar-refractivity contribution in [1.82, 2.24) is 10.3 Å². The lowest BCUT2D eigenvalue weighted by molar-refractivity contribution is -0.0438. The summed E-state index contributed by atoms with van der Waals surface area (Å²) in [5.41, 5.74) is 7.63. The molecule has 4 aliphatic rings. The first-order chi connectivity index (χ1) is 10.9. The van der Waals surface area contributed by atoms with Crippen molar-refractivity contribution in [3.63, 3.8) is 0 Å². The molecule has 1 amide bonds. The molecule has 4 fully saturated rings. The van der Waals surface area contributed by atoms with Gasteiger partial charge in [-0.15, -0.1) is 0 Å². The van der Waals surface area contributed by atoms with E-state index in [0.29, 0.717) is 17.8 Å². The normalized spacial score (nSPS) is 34.3. The number of carbonyl (C=O) groups excluding carboxylic acids is 1. The fourth-order valence-electron chi connectivity index (χ4n) is 4.07. The highest BCUT2D eigenvalue weighted by Crippen LogP contribution is 2.57. The highest BCUT2D eigenvalue weighted by molar-refractivity contribution is 6.00. The van der Waals surface area contributed by atoms with Gasteiger partial charge in [-0.2, -0.15) is 5.26 Å². The van der Waals surface area contributed by atoms with Crippen molar-refractivity contribution in [2.75, 3.05) is 18.0 Å². The molecule has 3 N–H and O–H groups in total. The van der Waals surface area contributed by atoms with E-state index in [1.165, 1.54) is 6.20 Å². The van der Waals surface area contributed by atoms with Crippen LogP contribution in [0, 0.1) is 17.2 Å². The SMILES string of the molecule is CC1(N)CCN(c2cc(C#N)ncc2C(=O)NC23CC(C2)C3)C1. The third-order valence-electron chi connectivity index (χ3n) is 5.50. The minimum atomic E-state index is -0.266. The molecule has 0 radical (unpaired) electrons. The van der Waals surface area contributed by atoms with Crippen molar-refractivity contribution in [1.29, 1.82) is 5.26 Å². The summed E-state index contributed by atoms with van der Waals surface area (Å²) in [6.45, 7) is 3.48. The molecule has 1 atom stereocenters.